The molecule has 0 spiro atoms. The lowest BCUT2D eigenvalue weighted by Gasteiger charge is -2.13. The molecule has 7 nitrogen and oxygen atoms in total. The normalized spacial score (nSPS) is 12.7. The van der Waals surface area contributed by atoms with E-state index >= 15 is 0 Å². The number of benzene rings is 2. The topological polar surface area (TPSA) is 95.6 Å². The lowest BCUT2D eigenvalue weighted by molar-refractivity contribution is -0.115. The molecule has 0 aliphatic heterocycles. The number of halogens is 2. The van der Waals surface area contributed by atoms with Crippen molar-refractivity contribution in [2.45, 2.75) is 23.9 Å². The van der Waals surface area contributed by atoms with Crippen LogP contribution in [0.15, 0.2) is 52.4 Å². The van der Waals surface area contributed by atoms with Gasteiger partial charge >= 0.3 is 12.2 Å². The first-order valence-electron chi connectivity index (χ1n) is 8.37. The van der Waals surface area contributed by atoms with Crippen molar-refractivity contribution in [1.29, 1.82) is 0 Å². The number of fused-ring (bicyclic) bond motifs is 2. The van der Waals surface area contributed by atoms with Gasteiger partial charge in [0.1, 0.15) is 0 Å². The third kappa shape index (κ3) is 3.38. The van der Waals surface area contributed by atoms with E-state index in [0.717, 1.165) is 16.3 Å². The Morgan fingerprint density at radius 2 is 1.93 bits per heavy atom. The first kappa shape index (κ1) is 18.2. The van der Waals surface area contributed by atoms with E-state index in [1.54, 1.807) is 49.4 Å². The monoisotopic (exact) mass is 403 g/mol. The fraction of sp³-hybridized carbons (Fsp3) is 0.167. The van der Waals surface area contributed by atoms with Gasteiger partial charge in [-0.2, -0.15) is 8.78 Å². The van der Waals surface area contributed by atoms with Crippen molar-refractivity contribution in [3.05, 3.63) is 52.9 Å². The second-order valence-corrected chi connectivity index (χ2v) is 7.43. The molecule has 2 aromatic heterocycles. The minimum atomic E-state index is -2.77. The van der Waals surface area contributed by atoms with Crippen molar-refractivity contribution < 1.29 is 13.6 Å². The lowest BCUT2D eigenvalue weighted by atomic mass is 10.2. The molecule has 144 valence electrons. The summed E-state index contributed by atoms with van der Waals surface area (Å²) in [6, 6.07) is 11.5. The van der Waals surface area contributed by atoms with Gasteiger partial charge in [-0.25, -0.2) is 9.78 Å². The number of carbonyl (C=O) groups is 1. The molecule has 1 atom stereocenters. The lowest BCUT2D eigenvalue weighted by Crippen LogP contribution is -2.23. The number of anilines is 1. The molecule has 28 heavy (non-hydrogen) atoms. The SMILES string of the molecule is CC(Sc1nc2ccccc2n1C(F)F)C(=O)Nc1ccc2[nH]c(=O)[nH]c2c1. The molecule has 1 amide bonds. The second-order valence-electron chi connectivity index (χ2n) is 6.12. The number of H-pyrrole nitrogens is 2. The molecule has 4 aromatic rings. The number of para-hydroxylation sites is 2. The van der Waals surface area contributed by atoms with Gasteiger partial charge in [0, 0.05) is 5.69 Å². The van der Waals surface area contributed by atoms with E-state index in [9.17, 15) is 18.4 Å². The van der Waals surface area contributed by atoms with Gasteiger partial charge in [-0.05, 0) is 37.3 Å². The second kappa shape index (κ2) is 7.12. The Kier molecular flexibility index (Phi) is 4.63. The van der Waals surface area contributed by atoms with Crippen molar-refractivity contribution in [2.24, 2.45) is 0 Å². The molecule has 0 aliphatic rings. The molecule has 10 heteroatoms. The molecule has 0 saturated heterocycles. The van der Waals surface area contributed by atoms with Crippen LogP contribution < -0.4 is 11.0 Å². The van der Waals surface area contributed by atoms with E-state index in [1.165, 1.54) is 0 Å². The molecule has 0 saturated carbocycles. The Morgan fingerprint density at radius 3 is 2.71 bits per heavy atom. The molecule has 2 aromatic carbocycles. The van der Waals surface area contributed by atoms with Crippen LogP contribution in [0.1, 0.15) is 13.5 Å². The number of carbonyl (C=O) groups excluding carboxylic acids is 1. The van der Waals surface area contributed by atoms with Gasteiger partial charge < -0.3 is 15.3 Å². The molecule has 3 N–H and O–H groups in total. The number of aromatic amines is 2. The summed E-state index contributed by atoms with van der Waals surface area (Å²) in [6.45, 7) is -1.15. The van der Waals surface area contributed by atoms with Crippen molar-refractivity contribution in [2.75, 3.05) is 5.32 Å². The van der Waals surface area contributed by atoms with Crippen molar-refractivity contribution in [3.63, 3.8) is 0 Å². The highest BCUT2D eigenvalue weighted by molar-refractivity contribution is 8.00. The van der Waals surface area contributed by atoms with Crippen LogP contribution in [0.25, 0.3) is 22.1 Å². The number of rotatable bonds is 5. The quantitative estimate of drug-likeness (QED) is 0.443. The third-order valence-electron chi connectivity index (χ3n) is 4.19. The Labute approximate surface area is 161 Å². The predicted molar refractivity (Wildman–Crippen MR) is 104 cm³/mol. The maximum atomic E-state index is 13.5. The van der Waals surface area contributed by atoms with Gasteiger partial charge in [-0.3, -0.25) is 9.36 Å². The van der Waals surface area contributed by atoms with Gasteiger partial charge in [0.05, 0.1) is 27.3 Å². The number of imidazole rings is 2. The van der Waals surface area contributed by atoms with E-state index in [0.29, 0.717) is 27.8 Å². The average Bonchev–Trinajstić information content (AvgIpc) is 3.19. The van der Waals surface area contributed by atoms with Crippen LogP contribution in [-0.2, 0) is 4.79 Å². The van der Waals surface area contributed by atoms with Crippen molar-refractivity contribution in [1.82, 2.24) is 19.5 Å². The molecule has 0 aliphatic carbocycles. The summed E-state index contributed by atoms with van der Waals surface area (Å²) >= 11 is 0.955. The highest BCUT2D eigenvalue weighted by atomic mass is 32.2. The standard InChI is InChI=1S/C18H15F2N5O2S/c1-9(15(26)21-10-6-7-11-13(8-10)23-17(27)22-11)28-18-24-12-4-2-3-5-14(12)25(18)16(19)20/h2-9,16H,1H3,(H,21,26)(H2,22,23,27). The van der Waals surface area contributed by atoms with Crippen molar-refractivity contribution >= 4 is 45.4 Å². The van der Waals surface area contributed by atoms with Crippen LogP contribution >= 0.6 is 11.8 Å². The van der Waals surface area contributed by atoms with E-state index in [1.807, 2.05) is 0 Å². The summed E-state index contributed by atoms with van der Waals surface area (Å²) in [7, 11) is 0. The smallest absolute Gasteiger partial charge is 0.323 e. The maximum Gasteiger partial charge on any atom is 0.323 e. The van der Waals surface area contributed by atoms with E-state index in [4.69, 9.17) is 0 Å². The Morgan fingerprint density at radius 1 is 1.18 bits per heavy atom. The fourth-order valence-electron chi connectivity index (χ4n) is 2.86. The zero-order valence-electron chi connectivity index (χ0n) is 14.6. The summed E-state index contributed by atoms with van der Waals surface area (Å²) in [5, 5.41) is 2.13. The molecule has 0 radical (unpaired) electrons. The first-order valence-corrected chi connectivity index (χ1v) is 9.25. The highest BCUT2D eigenvalue weighted by Crippen LogP contribution is 2.31. The summed E-state index contributed by atoms with van der Waals surface area (Å²) in [5.74, 6) is -0.366. The number of nitrogens with one attached hydrogen (secondary N) is 3. The Hall–Kier alpha value is -3.14. The maximum absolute atomic E-state index is 13.5. The molecular weight excluding hydrogens is 388 g/mol. The van der Waals surface area contributed by atoms with E-state index in [2.05, 4.69) is 20.3 Å². The number of nitrogens with zero attached hydrogens (tertiary/aromatic N) is 2. The number of hydrogen-bond acceptors (Lipinski definition) is 4. The van der Waals surface area contributed by atoms with Crippen LogP contribution in [0.2, 0.25) is 0 Å². The van der Waals surface area contributed by atoms with Crippen LogP contribution in [0, 0.1) is 0 Å². The van der Waals surface area contributed by atoms with Gasteiger partial charge in [-0.1, -0.05) is 23.9 Å². The molecule has 0 bridgehead atoms. The number of amides is 1. The van der Waals surface area contributed by atoms with Gasteiger partial charge in [0.2, 0.25) is 5.91 Å². The van der Waals surface area contributed by atoms with E-state index < -0.39 is 11.8 Å². The van der Waals surface area contributed by atoms with Crippen LogP contribution in [0.5, 0.6) is 0 Å². The van der Waals surface area contributed by atoms with Gasteiger partial charge in [0.25, 0.3) is 0 Å². The predicted octanol–water partition coefficient (Wildman–Crippen LogP) is 3.72. The van der Waals surface area contributed by atoms with Crippen LogP contribution in [0.4, 0.5) is 14.5 Å². The molecule has 2 heterocycles. The Balaban J connectivity index is 1.55. The van der Waals surface area contributed by atoms with Gasteiger partial charge in [0.15, 0.2) is 5.16 Å². The summed E-state index contributed by atoms with van der Waals surface area (Å²) in [6.07, 6.45) is 0. The fourth-order valence-corrected chi connectivity index (χ4v) is 3.78. The number of alkyl halides is 2. The number of aromatic nitrogens is 4. The number of hydrogen-bond donors (Lipinski definition) is 3. The Bertz CT molecular complexity index is 1230. The van der Waals surface area contributed by atoms with Crippen LogP contribution in [0.3, 0.4) is 0 Å². The summed E-state index contributed by atoms with van der Waals surface area (Å²) < 4.78 is 27.9. The highest BCUT2D eigenvalue weighted by Gasteiger charge is 2.23. The average molecular weight is 403 g/mol. The van der Waals surface area contributed by atoms with E-state index in [-0.39, 0.29) is 16.8 Å². The first-order chi connectivity index (χ1) is 13.4. The zero-order valence-corrected chi connectivity index (χ0v) is 15.4. The van der Waals surface area contributed by atoms with Crippen LogP contribution in [-0.4, -0.2) is 30.7 Å². The number of thioether (sulfide) groups is 1. The summed E-state index contributed by atoms with van der Waals surface area (Å²) in [4.78, 5) is 33.3. The zero-order chi connectivity index (χ0) is 19.8. The molecule has 4 rings (SSSR count). The van der Waals surface area contributed by atoms with Gasteiger partial charge in [-0.15, -0.1) is 0 Å². The molecule has 0 fully saturated rings. The minimum absolute atomic E-state index is 0.0734. The minimum Gasteiger partial charge on any atom is -0.325 e. The third-order valence-corrected chi connectivity index (χ3v) is 5.26. The molecule has 1 unspecified atom stereocenters. The molecular formula is C18H15F2N5O2S. The van der Waals surface area contributed by atoms with Crippen molar-refractivity contribution in [3.8, 4) is 0 Å². The summed E-state index contributed by atoms with van der Waals surface area (Å²) in [5.41, 5.74) is 2.09. The largest absolute Gasteiger partial charge is 0.325 e.